The number of methoxy groups -OCH3 is 1. The molecule has 3 rings (SSSR count). The van der Waals surface area contributed by atoms with Gasteiger partial charge in [-0.15, -0.1) is 0 Å². The van der Waals surface area contributed by atoms with Crippen LogP contribution in [0.3, 0.4) is 0 Å². The summed E-state index contributed by atoms with van der Waals surface area (Å²) in [5.41, 5.74) is 6.04. The number of anilines is 1. The highest BCUT2D eigenvalue weighted by Gasteiger charge is 2.15. The van der Waals surface area contributed by atoms with Gasteiger partial charge in [0.25, 0.3) is 0 Å². The van der Waals surface area contributed by atoms with Crippen LogP contribution < -0.4 is 15.5 Å². The number of rotatable bonds is 6. The Kier molecular flexibility index (Phi) is 6.36. The number of nitrogens with one attached hydrogen (secondary N) is 2. The molecule has 1 saturated carbocycles. The van der Waals surface area contributed by atoms with Crippen molar-refractivity contribution in [2.24, 2.45) is 0 Å². The van der Waals surface area contributed by atoms with Crippen LogP contribution >= 0.6 is 0 Å². The van der Waals surface area contributed by atoms with Crippen molar-refractivity contribution in [3.63, 3.8) is 0 Å². The predicted molar refractivity (Wildman–Crippen MR) is 108 cm³/mol. The average molecular weight is 366 g/mol. The van der Waals surface area contributed by atoms with Gasteiger partial charge in [0.15, 0.2) is 0 Å². The number of hydrogen-bond acceptors (Lipinski definition) is 4. The summed E-state index contributed by atoms with van der Waals surface area (Å²) >= 11 is 0. The molecular weight excluding hydrogens is 340 g/mol. The number of benzene rings is 2. The molecule has 1 aliphatic rings. The second-order valence-corrected chi connectivity index (χ2v) is 6.78. The quantitative estimate of drug-likeness (QED) is 0.666. The van der Waals surface area contributed by atoms with Crippen LogP contribution in [0.4, 0.5) is 10.5 Å². The van der Waals surface area contributed by atoms with E-state index in [9.17, 15) is 4.79 Å². The SMILES string of the molecule is C=C(NOC(=O)Nc1ccc(OC)cc1)c1ccc(C2CCCCC2)cc1. The van der Waals surface area contributed by atoms with Crippen molar-refractivity contribution >= 4 is 17.5 Å². The summed E-state index contributed by atoms with van der Waals surface area (Å²) < 4.78 is 5.08. The van der Waals surface area contributed by atoms with E-state index < -0.39 is 6.09 Å². The standard InChI is InChI=1S/C22H26N2O3/c1-16(17-8-10-19(11-9-17)18-6-4-3-5-7-18)24-27-22(25)23-20-12-14-21(26-2)15-13-20/h8-15,18,24H,1,3-7H2,2H3,(H,23,25). The van der Waals surface area contributed by atoms with Crippen molar-refractivity contribution in [3.8, 4) is 5.75 Å². The van der Waals surface area contributed by atoms with Gasteiger partial charge < -0.3 is 9.57 Å². The first kappa shape index (κ1) is 18.8. The van der Waals surface area contributed by atoms with E-state index in [2.05, 4.69) is 29.5 Å². The molecule has 0 bridgehead atoms. The Morgan fingerprint density at radius 2 is 1.67 bits per heavy atom. The smallest absolute Gasteiger partial charge is 0.435 e. The summed E-state index contributed by atoms with van der Waals surface area (Å²) in [4.78, 5) is 16.9. The summed E-state index contributed by atoms with van der Waals surface area (Å²) in [6.45, 7) is 3.94. The van der Waals surface area contributed by atoms with Gasteiger partial charge in [-0.3, -0.25) is 5.32 Å². The highest BCUT2D eigenvalue weighted by Crippen LogP contribution is 2.32. The van der Waals surface area contributed by atoms with Gasteiger partial charge in [0.2, 0.25) is 0 Å². The Balaban J connectivity index is 1.48. The first-order chi connectivity index (χ1) is 13.2. The molecule has 0 spiro atoms. The van der Waals surface area contributed by atoms with Gasteiger partial charge in [0.05, 0.1) is 12.8 Å². The molecule has 1 amide bonds. The molecular formula is C22H26N2O3. The summed E-state index contributed by atoms with van der Waals surface area (Å²) in [5, 5.41) is 2.63. The lowest BCUT2D eigenvalue weighted by Crippen LogP contribution is -2.22. The Morgan fingerprint density at radius 3 is 2.30 bits per heavy atom. The van der Waals surface area contributed by atoms with Gasteiger partial charge in [0, 0.05) is 11.3 Å². The van der Waals surface area contributed by atoms with Crippen molar-refractivity contribution in [1.29, 1.82) is 0 Å². The molecule has 0 radical (unpaired) electrons. The molecule has 0 heterocycles. The summed E-state index contributed by atoms with van der Waals surface area (Å²) in [5.74, 6) is 1.39. The van der Waals surface area contributed by atoms with Gasteiger partial charge in [-0.05, 0) is 48.6 Å². The minimum atomic E-state index is -0.611. The molecule has 27 heavy (non-hydrogen) atoms. The van der Waals surface area contributed by atoms with E-state index in [4.69, 9.17) is 9.57 Å². The number of carbonyl (C=O) groups excluding carboxylic acids is 1. The second kappa shape index (κ2) is 9.12. The molecule has 1 aliphatic carbocycles. The summed E-state index contributed by atoms with van der Waals surface area (Å²) in [6.07, 6.45) is 5.92. The van der Waals surface area contributed by atoms with E-state index in [1.165, 1.54) is 37.7 Å². The lowest BCUT2D eigenvalue weighted by atomic mass is 9.84. The lowest BCUT2D eigenvalue weighted by molar-refractivity contribution is 0.131. The van der Waals surface area contributed by atoms with Crippen LogP contribution in [0.5, 0.6) is 5.75 Å². The van der Waals surface area contributed by atoms with Crippen LogP contribution in [0.25, 0.3) is 5.70 Å². The maximum atomic E-state index is 11.9. The maximum absolute atomic E-state index is 11.9. The zero-order chi connectivity index (χ0) is 19.1. The molecule has 142 valence electrons. The number of hydrogen-bond donors (Lipinski definition) is 2. The number of ether oxygens (including phenoxy) is 1. The van der Waals surface area contributed by atoms with Crippen LogP contribution in [0.15, 0.2) is 55.1 Å². The van der Waals surface area contributed by atoms with Crippen LogP contribution in [-0.2, 0) is 4.84 Å². The zero-order valence-corrected chi connectivity index (χ0v) is 15.7. The van der Waals surface area contributed by atoms with Gasteiger partial charge in [-0.2, -0.15) is 0 Å². The Labute approximate surface area is 160 Å². The fraction of sp³-hybridized carbons (Fsp3) is 0.318. The number of carbonyl (C=O) groups is 1. The monoisotopic (exact) mass is 366 g/mol. The molecule has 2 aromatic carbocycles. The van der Waals surface area contributed by atoms with Crippen LogP contribution in [-0.4, -0.2) is 13.2 Å². The average Bonchev–Trinajstić information content (AvgIpc) is 2.73. The maximum Gasteiger partial charge on any atom is 0.435 e. The second-order valence-electron chi connectivity index (χ2n) is 6.78. The summed E-state index contributed by atoms with van der Waals surface area (Å²) in [7, 11) is 1.59. The molecule has 0 aliphatic heterocycles. The highest BCUT2D eigenvalue weighted by molar-refractivity contribution is 5.84. The topological polar surface area (TPSA) is 59.6 Å². The highest BCUT2D eigenvalue weighted by atomic mass is 16.7. The van der Waals surface area contributed by atoms with E-state index in [0.29, 0.717) is 17.3 Å². The van der Waals surface area contributed by atoms with Gasteiger partial charge in [-0.1, -0.05) is 50.1 Å². The molecule has 0 atom stereocenters. The molecule has 2 N–H and O–H groups in total. The van der Waals surface area contributed by atoms with Crippen molar-refractivity contribution in [3.05, 3.63) is 66.2 Å². The van der Waals surface area contributed by atoms with Crippen molar-refractivity contribution < 1.29 is 14.4 Å². The first-order valence-electron chi connectivity index (χ1n) is 9.33. The fourth-order valence-electron chi connectivity index (χ4n) is 3.38. The Bertz CT molecular complexity index is 763. The van der Waals surface area contributed by atoms with Crippen LogP contribution in [0, 0.1) is 0 Å². The Hall–Kier alpha value is -2.95. The first-order valence-corrected chi connectivity index (χ1v) is 9.33. The van der Waals surface area contributed by atoms with Gasteiger partial charge in [0.1, 0.15) is 5.75 Å². The molecule has 2 aromatic rings. The van der Waals surface area contributed by atoms with Crippen molar-refractivity contribution in [1.82, 2.24) is 5.48 Å². The van der Waals surface area contributed by atoms with E-state index in [0.717, 1.165) is 11.3 Å². The zero-order valence-electron chi connectivity index (χ0n) is 15.7. The van der Waals surface area contributed by atoms with Gasteiger partial charge >= 0.3 is 6.09 Å². The molecule has 0 aromatic heterocycles. The molecule has 5 nitrogen and oxygen atoms in total. The third kappa shape index (κ3) is 5.26. The minimum absolute atomic E-state index is 0.537. The third-order valence-electron chi connectivity index (χ3n) is 4.94. The molecule has 1 fully saturated rings. The Morgan fingerprint density at radius 1 is 1.00 bits per heavy atom. The van der Waals surface area contributed by atoms with Crippen molar-refractivity contribution in [2.75, 3.05) is 12.4 Å². The largest absolute Gasteiger partial charge is 0.497 e. The minimum Gasteiger partial charge on any atom is -0.497 e. The number of amides is 1. The van der Waals surface area contributed by atoms with Gasteiger partial charge in [-0.25, -0.2) is 10.3 Å². The summed E-state index contributed by atoms with van der Waals surface area (Å²) in [6, 6.07) is 15.3. The van der Waals surface area contributed by atoms with E-state index >= 15 is 0 Å². The molecule has 0 unspecified atom stereocenters. The molecule has 0 saturated heterocycles. The van der Waals surface area contributed by atoms with Crippen molar-refractivity contribution in [2.45, 2.75) is 38.0 Å². The van der Waals surface area contributed by atoms with Crippen LogP contribution in [0.1, 0.15) is 49.1 Å². The fourth-order valence-corrected chi connectivity index (χ4v) is 3.38. The normalized spacial score (nSPS) is 14.3. The van der Waals surface area contributed by atoms with E-state index in [1.807, 2.05) is 12.1 Å². The number of hydroxylamine groups is 1. The van der Waals surface area contributed by atoms with E-state index in [1.54, 1.807) is 31.4 Å². The van der Waals surface area contributed by atoms with Crippen LogP contribution in [0.2, 0.25) is 0 Å². The molecule has 5 heteroatoms. The third-order valence-corrected chi connectivity index (χ3v) is 4.94. The predicted octanol–water partition coefficient (Wildman–Crippen LogP) is 5.47. The lowest BCUT2D eigenvalue weighted by Gasteiger charge is -2.22. The van der Waals surface area contributed by atoms with E-state index in [-0.39, 0.29) is 0 Å².